The highest BCUT2D eigenvalue weighted by Gasteiger charge is 2.52. The van der Waals surface area contributed by atoms with Gasteiger partial charge in [0.05, 0.1) is 0 Å². The molecule has 0 aromatic heterocycles. The van der Waals surface area contributed by atoms with Crippen LogP contribution in [0.2, 0.25) is 0 Å². The number of ether oxygens (including phenoxy) is 2. The van der Waals surface area contributed by atoms with E-state index in [0.29, 0.717) is 6.42 Å². The molecule has 3 heteroatoms. The van der Waals surface area contributed by atoms with Gasteiger partial charge in [0.2, 0.25) is 0 Å². The number of allylic oxidation sites excluding steroid dienone is 5. The van der Waals surface area contributed by atoms with E-state index in [1.807, 2.05) is 18.2 Å². The van der Waals surface area contributed by atoms with E-state index < -0.39 is 5.79 Å². The van der Waals surface area contributed by atoms with Crippen LogP contribution in [0.25, 0.3) is 0 Å². The molecule has 3 nitrogen and oxygen atoms in total. The Morgan fingerprint density at radius 3 is 2.41 bits per heavy atom. The molecule has 1 fully saturated rings. The van der Waals surface area contributed by atoms with Crippen LogP contribution in [-0.2, 0) is 14.3 Å². The Morgan fingerprint density at radius 1 is 1.35 bits per heavy atom. The molecule has 0 N–H and O–H groups in total. The molecular weight excluding hydrogens is 216 g/mol. The van der Waals surface area contributed by atoms with Crippen molar-refractivity contribution in [1.82, 2.24) is 0 Å². The Balaban J connectivity index is 2.35. The summed E-state index contributed by atoms with van der Waals surface area (Å²) < 4.78 is 11.0. The third-order valence-corrected chi connectivity index (χ3v) is 3.94. The lowest BCUT2D eigenvalue weighted by atomic mass is 9.75. The van der Waals surface area contributed by atoms with Gasteiger partial charge in [0, 0.05) is 32.5 Å². The minimum absolute atomic E-state index is 0.0331. The number of carbonyl (C=O) groups excluding carboxylic acids is 1. The van der Waals surface area contributed by atoms with E-state index in [1.54, 1.807) is 26.4 Å². The van der Waals surface area contributed by atoms with Gasteiger partial charge in [0.1, 0.15) is 0 Å². The van der Waals surface area contributed by atoms with E-state index in [0.717, 1.165) is 6.42 Å². The summed E-state index contributed by atoms with van der Waals surface area (Å²) >= 11 is 0. The fraction of sp³-hybridized carbons (Fsp3) is 0.500. The number of ketones is 1. The molecule has 0 radical (unpaired) electrons. The summed E-state index contributed by atoms with van der Waals surface area (Å²) in [7, 11) is 3.31. The molecule has 0 aliphatic heterocycles. The highest BCUT2D eigenvalue weighted by Crippen LogP contribution is 2.53. The largest absolute Gasteiger partial charge is 0.353 e. The van der Waals surface area contributed by atoms with Gasteiger partial charge in [0.15, 0.2) is 11.6 Å². The fourth-order valence-electron chi connectivity index (χ4n) is 2.84. The van der Waals surface area contributed by atoms with Gasteiger partial charge in [0.25, 0.3) is 0 Å². The Bertz CT molecular complexity index is 372. The van der Waals surface area contributed by atoms with Crippen LogP contribution < -0.4 is 0 Å². The SMILES string of the molecule is C=C[C@H]1CC(OC)(OC)CC12C=CC(=O)C=C2. The third-order valence-electron chi connectivity index (χ3n) is 3.94. The lowest BCUT2D eigenvalue weighted by molar-refractivity contribution is -0.204. The molecule has 2 aliphatic rings. The van der Waals surface area contributed by atoms with Crippen LogP contribution in [0.3, 0.4) is 0 Å². The summed E-state index contributed by atoms with van der Waals surface area (Å²) in [4.78, 5) is 11.2. The monoisotopic (exact) mass is 234 g/mol. The standard InChI is InChI=1S/C14H18O3/c1-4-11-9-14(16-2,17-3)10-13(11)7-5-12(15)6-8-13/h4-8,11H,1,9-10H2,2-3H3/t11-/m0/s1. The first-order valence-electron chi connectivity index (χ1n) is 5.75. The van der Waals surface area contributed by atoms with E-state index in [2.05, 4.69) is 6.58 Å². The van der Waals surface area contributed by atoms with Gasteiger partial charge < -0.3 is 9.47 Å². The highest BCUT2D eigenvalue weighted by molar-refractivity contribution is 6.00. The smallest absolute Gasteiger partial charge is 0.178 e. The van der Waals surface area contributed by atoms with Crippen LogP contribution >= 0.6 is 0 Å². The van der Waals surface area contributed by atoms with Crippen LogP contribution in [0.1, 0.15) is 12.8 Å². The molecule has 1 spiro atoms. The molecule has 2 rings (SSSR count). The van der Waals surface area contributed by atoms with Gasteiger partial charge in [-0.05, 0) is 18.1 Å². The zero-order chi connectivity index (χ0) is 12.5. The molecule has 17 heavy (non-hydrogen) atoms. The first-order chi connectivity index (χ1) is 8.10. The van der Waals surface area contributed by atoms with Crippen molar-refractivity contribution in [2.75, 3.05) is 14.2 Å². The number of carbonyl (C=O) groups is 1. The number of hydrogen-bond donors (Lipinski definition) is 0. The second kappa shape index (κ2) is 4.24. The van der Waals surface area contributed by atoms with Gasteiger partial charge in [-0.15, -0.1) is 6.58 Å². The van der Waals surface area contributed by atoms with E-state index in [4.69, 9.17) is 9.47 Å². The molecule has 0 aromatic rings. The molecule has 1 atom stereocenters. The van der Waals surface area contributed by atoms with Crippen LogP contribution in [0.15, 0.2) is 37.0 Å². The Labute approximate surface area is 102 Å². The topological polar surface area (TPSA) is 35.5 Å². The summed E-state index contributed by atoms with van der Waals surface area (Å²) in [6, 6.07) is 0. The van der Waals surface area contributed by atoms with Gasteiger partial charge in [-0.2, -0.15) is 0 Å². The lowest BCUT2D eigenvalue weighted by Gasteiger charge is -2.30. The van der Waals surface area contributed by atoms with Gasteiger partial charge in [-0.1, -0.05) is 18.2 Å². The Morgan fingerprint density at radius 2 is 1.94 bits per heavy atom. The fourth-order valence-corrected chi connectivity index (χ4v) is 2.84. The Kier molecular flexibility index (Phi) is 3.06. The van der Waals surface area contributed by atoms with Gasteiger partial charge in [-0.3, -0.25) is 4.79 Å². The van der Waals surface area contributed by atoms with Crippen molar-refractivity contribution in [2.45, 2.75) is 18.6 Å². The molecule has 2 aliphatic carbocycles. The van der Waals surface area contributed by atoms with Crippen molar-refractivity contribution < 1.29 is 14.3 Å². The van der Waals surface area contributed by atoms with Crippen molar-refractivity contribution in [3.8, 4) is 0 Å². The molecular formula is C14H18O3. The average Bonchev–Trinajstić information content (AvgIpc) is 2.68. The van der Waals surface area contributed by atoms with Crippen LogP contribution in [0, 0.1) is 11.3 Å². The average molecular weight is 234 g/mol. The second-order valence-electron chi connectivity index (χ2n) is 4.72. The number of methoxy groups -OCH3 is 2. The molecule has 92 valence electrons. The van der Waals surface area contributed by atoms with Gasteiger partial charge >= 0.3 is 0 Å². The summed E-state index contributed by atoms with van der Waals surface area (Å²) in [6.45, 7) is 3.88. The van der Waals surface area contributed by atoms with E-state index in [-0.39, 0.29) is 17.1 Å². The number of hydrogen-bond acceptors (Lipinski definition) is 3. The first kappa shape index (κ1) is 12.3. The van der Waals surface area contributed by atoms with Crippen LogP contribution in [-0.4, -0.2) is 25.8 Å². The first-order valence-corrected chi connectivity index (χ1v) is 5.75. The number of rotatable bonds is 3. The predicted octanol–water partition coefficient (Wildman–Crippen LogP) is 2.25. The van der Waals surface area contributed by atoms with Crippen molar-refractivity contribution >= 4 is 5.78 Å². The normalized spacial score (nSPS) is 28.8. The summed E-state index contributed by atoms with van der Waals surface area (Å²) in [5, 5.41) is 0. The third kappa shape index (κ3) is 1.90. The minimum atomic E-state index is -0.575. The zero-order valence-corrected chi connectivity index (χ0v) is 10.3. The quantitative estimate of drug-likeness (QED) is 0.555. The molecule has 0 bridgehead atoms. The molecule has 0 aromatic carbocycles. The molecule has 1 saturated carbocycles. The lowest BCUT2D eigenvalue weighted by Crippen LogP contribution is -2.32. The summed E-state index contributed by atoms with van der Waals surface area (Å²) in [5.41, 5.74) is -0.193. The molecule has 0 heterocycles. The van der Waals surface area contributed by atoms with Crippen LogP contribution in [0.4, 0.5) is 0 Å². The maximum Gasteiger partial charge on any atom is 0.178 e. The second-order valence-corrected chi connectivity index (χ2v) is 4.72. The van der Waals surface area contributed by atoms with Crippen molar-refractivity contribution in [3.63, 3.8) is 0 Å². The van der Waals surface area contributed by atoms with Crippen molar-refractivity contribution in [2.24, 2.45) is 11.3 Å². The molecule has 0 saturated heterocycles. The van der Waals surface area contributed by atoms with E-state index in [9.17, 15) is 4.79 Å². The maximum atomic E-state index is 11.2. The van der Waals surface area contributed by atoms with E-state index in [1.165, 1.54) is 0 Å². The Hall–Kier alpha value is -1.19. The van der Waals surface area contributed by atoms with E-state index >= 15 is 0 Å². The summed E-state index contributed by atoms with van der Waals surface area (Å²) in [5.74, 6) is -0.317. The predicted molar refractivity (Wildman–Crippen MR) is 65.4 cm³/mol. The molecule has 0 amide bonds. The van der Waals surface area contributed by atoms with Crippen molar-refractivity contribution in [3.05, 3.63) is 37.0 Å². The van der Waals surface area contributed by atoms with Crippen LogP contribution in [0.5, 0.6) is 0 Å². The summed E-state index contributed by atoms with van der Waals surface area (Å²) in [6.07, 6.45) is 10.6. The highest BCUT2D eigenvalue weighted by atomic mass is 16.7. The minimum Gasteiger partial charge on any atom is -0.353 e. The maximum absolute atomic E-state index is 11.2. The zero-order valence-electron chi connectivity index (χ0n) is 10.3. The van der Waals surface area contributed by atoms with Gasteiger partial charge in [-0.25, -0.2) is 0 Å². The molecule has 0 unspecified atom stereocenters. The van der Waals surface area contributed by atoms with Crippen molar-refractivity contribution in [1.29, 1.82) is 0 Å².